The van der Waals surface area contributed by atoms with E-state index in [1.54, 1.807) is 13.0 Å². The summed E-state index contributed by atoms with van der Waals surface area (Å²) in [4.78, 5) is 17.7. The number of rotatable bonds is 7. The van der Waals surface area contributed by atoms with Crippen LogP contribution in [0.2, 0.25) is 0 Å². The maximum Gasteiger partial charge on any atom is 0.339 e. The highest BCUT2D eigenvalue weighted by molar-refractivity contribution is 5.95. The van der Waals surface area contributed by atoms with Gasteiger partial charge in [0.25, 0.3) is 0 Å². The molecule has 0 spiro atoms. The van der Waals surface area contributed by atoms with Crippen LogP contribution in [0.15, 0.2) is 6.07 Å². The zero-order chi connectivity index (χ0) is 14.4. The molecule has 1 aromatic heterocycles. The smallest absolute Gasteiger partial charge is 0.339 e. The zero-order valence-corrected chi connectivity index (χ0v) is 12.1. The number of pyridine rings is 1. The van der Waals surface area contributed by atoms with E-state index in [0.29, 0.717) is 32.1 Å². The van der Waals surface area contributed by atoms with Crippen LogP contribution in [-0.4, -0.2) is 42.4 Å². The highest BCUT2D eigenvalue weighted by Crippen LogP contribution is 2.22. The first-order valence-corrected chi connectivity index (χ1v) is 6.55. The molecule has 0 saturated heterocycles. The van der Waals surface area contributed by atoms with Crippen molar-refractivity contribution in [1.82, 2.24) is 4.98 Å². The third-order valence-electron chi connectivity index (χ3n) is 2.93. The molecule has 1 N–H and O–H groups in total. The first-order chi connectivity index (χ1) is 9.01. The summed E-state index contributed by atoms with van der Waals surface area (Å²) in [5, 5.41) is 9.36. The summed E-state index contributed by atoms with van der Waals surface area (Å²) in [5.41, 5.74) is 1.85. The number of carbonyl (C=O) groups is 1. The molecule has 1 heterocycles. The van der Waals surface area contributed by atoms with E-state index in [4.69, 9.17) is 4.74 Å². The predicted molar refractivity (Wildman–Crippen MR) is 75.1 cm³/mol. The number of hydrogen-bond acceptors (Lipinski definition) is 4. The minimum absolute atomic E-state index is 0.281. The van der Waals surface area contributed by atoms with E-state index in [0.717, 1.165) is 11.3 Å². The summed E-state index contributed by atoms with van der Waals surface area (Å²) in [7, 11) is 0. The van der Waals surface area contributed by atoms with Gasteiger partial charge in [-0.15, -0.1) is 0 Å². The van der Waals surface area contributed by atoms with Gasteiger partial charge in [-0.3, -0.25) is 0 Å². The second kappa shape index (κ2) is 7.09. The molecule has 0 saturated carbocycles. The number of aromatic nitrogens is 1. The van der Waals surface area contributed by atoms with Gasteiger partial charge in [-0.05, 0) is 39.3 Å². The molecule has 0 fully saturated rings. The number of likely N-dealkylation sites (N-methyl/N-ethyl adjacent to an activating group) is 1. The molecule has 0 aliphatic carbocycles. The van der Waals surface area contributed by atoms with Crippen molar-refractivity contribution in [2.45, 2.75) is 27.7 Å². The van der Waals surface area contributed by atoms with E-state index in [1.807, 2.05) is 25.7 Å². The molecular formula is C14H22N2O3. The fraction of sp³-hybridized carbons (Fsp3) is 0.571. The number of aromatic carboxylic acids is 1. The Labute approximate surface area is 114 Å². The molecule has 0 aromatic carbocycles. The van der Waals surface area contributed by atoms with Crippen LogP contribution in [0.4, 0.5) is 5.82 Å². The Balaban J connectivity index is 3.10. The lowest BCUT2D eigenvalue weighted by Crippen LogP contribution is -2.30. The molecule has 5 heteroatoms. The monoisotopic (exact) mass is 266 g/mol. The van der Waals surface area contributed by atoms with E-state index >= 15 is 0 Å². The van der Waals surface area contributed by atoms with Crippen LogP contribution >= 0.6 is 0 Å². The first kappa shape index (κ1) is 15.4. The number of carboxylic acid groups (broad SMARTS) is 1. The average Bonchev–Trinajstić information content (AvgIpc) is 2.33. The number of hydrogen-bond donors (Lipinski definition) is 1. The van der Waals surface area contributed by atoms with Gasteiger partial charge in [0, 0.05) is 25.4 Å². The van der Waals surface area contributed by atoms with Crippen molar-refractivity contribution >= 4 is 11.8 Å². The van der Waals surface area contributed by atoms with Gasteiger partial charge in [0.05, 0.1) is 6.61 Å². The molecule has 0 bridgehead atoms. The topological polar surface area (TPSA) is 62.7 Å². The summed E-state index contributed by atoms with van der Waals surface area (Å²) in [6, 6.07) is 1.79. The third kappa shape index (κ3) is 3.92. The summed E-state index contributed by atoms with van der Waals surface area (Å²) < 4.78 is 5.33. The molecule has 5 nitrogen and oxygen atoms in total. The zero-order valence-electron chi connectivity index (χ0n) is 12.1. The van der Waals surface area contributed by atoms with Crippen molar-refractivity contribution in [3.8, 4) is 0 Å². The molecule has 0 unspecified atom stereocenters. The lowest BCUT2D eigenvalue weighted by atomic mass is 10.1. The van der Waals surface area contributed by atoms with Gasteiger partial charge < -0.3 is 14.7 Å². The maximum absolute atomic E-state index is 11.4. The van der Waals surface area contributed by atoms with Crippen LogP contribution < -0.4 is 4.90 Å². The Hall–Kier alpha value is -1.62. The van der Waals surface area contributed by atoms with Crippen LogP contribution in [0, 0.1) is 13.8 Å². The van der Waals surface area contributed by atoms with Gasteiger partial charge in [-0.25, -0.2) is 9.78 Å². The summed E-state index contributed by atoms with van der Waals surface area (Å²) in [6.07, 6.45) is 0. The van der Waals surface area contributed by atoms with Gasteiger partial charge in [0.2, 0.25) is 0 Å². The Bertz CT molecular complexity index is 447. The van der Waals surface area contributed by atoms with E-state index in [9.17, 15) is 9.90 Å². The SMILES string of the molecule is CCOCCN(CC)c1nc(C)cc(C)c1C(=O)O. The predicted octanol–water partition coefficient (Wildman–Crippen LogP) is 2.26. The van der Waals surface area contributed by atoms with Crippen LogP contribution in [-0.2, 0) is 4.74 Å². The lowest BCUT2D eigenvalue weighted by molar-refractivity contribution is 0.0696. The van der Waals surface area contributed by atoms with Gasteiger partial charge in [0.15, 0.2) is 0 Å². The van der Waals surface area contributed by atoms with Crippen LogP contribution in [0.1, 0.15) is 35.5 Å². The highest BCUT2D eigenvalue weighted by Gasteiger charge is 2.19. The van der Waals surface area contributed by atoms with Crippen molar-refractivity contribution in [2.24, 2.45) is 0 Å². The van der Waals surface area contributed by atoms with Gasteiger partial charge >= 0.3 is 5.97 Å². The van der Waals surface area contributed by atoms with Crippen molar-refractivity contribution in [3.63, 3.8) is 0 Å². The number of aryl methyl sites for hydroxylation is 2. The Morgan fingerprint density at radius 1 is 1.42 bits per heavy atom. The second-order valence-electron chi connectivity index (χ2n) is 4.36. The number of ether oxygens (including phenoxy) is 1. The average molecular weight is 266 g/mol. The number of carboxylic acids is 1. The number of anilines is 1. The van der Waals surface area contributed by atoms with Gasteiger partial charge in [-0.1, -0.05) is 0 Å². The van der Waals surface area contributed by atoms with Crippen LogP contribution in [0.25, 0.3) is 0 Å². The second-order valence-corrected chi connectivity index (χ2v) is 4.36. The van der Waals surface area contributed by atoms with Crippen molar-refractivity contribution in [1.29, 1.82) is 0 Å². The Morgan fingerprint density at radius 2 is 2.11 bits per heavy atom. The minimum atomic E-state index is -0.935. The van der Waals surface area contributed by atoms with Gasteiger partial charge in [-0.2, -0.15) is 0 Å². The first-order valence-electron chi connectivity index (χ1n) is 6.55. The Morgan fingerprint density at radius 3 is 2.63 bits per heavy atom. The van der Waals surface area contributed by atoms with E-state index in [-0.39, 0.29) is 5.56 Å². The van der Waals surface area contributed by atoms with Crippen LogP contribution in [0.5, 0.6) is 0 Å². The van der Waals surface area contributed by atoms with Crippen molar-refractivity contribution in [3.05, 3.63) is 22.9 Å². The van der Waals surface area contributed by atoms with E-state index < -0.39 is 5.97 Å². The van der Waals surface area contributed by atoms with Gasteiger partial charge in [0.1, 0.15) is 11.4 Å². The number of nitrogens with zero attached hydrogens (tertiary/aromatic N) is 2. The lowest BCUT2D eigenvalue weighted by Gasteiger charge is -2.24. The Kier molecular flexibility index (Phi) is 5.76. The molecular weight excluding hydrogens is 244 g/mol. The summed E-state index contributed by atoms with van der Waals surface area (Å²) >= 11 is 0. The standard InChI is InChI=1S/C14H22N2O3/c1-5-16(7-8-19-6-2)13-12(14(17)18)10(3)9-11(4)15-13/h9H,5-8H2,1-4H3,(H,17,18). The third-order valence-corrected chi connectivity index (χ3v) is 2.93. The molecule has 19 heavy (non-hydrogen) atoms. The fourth-order valence-electron chi connectivity index (χ4n) is 2.04. The van der Waals surface area contributed by atoms with Crippen molar-refractivity contribution < 1.29 is 14.6 Å². The van der Waals surface area contributed by atoms with E-state index in [1.165, 1.54) is 0 Å². The molecule has 0 amide bonds. The largest absolute Gasteiger partial charge is 0.478 e. The summed E-state index contributed by atoms with van der Waals surface area (Å²) in [5.74, 6) is -0.401. The summed E-state index contributed by atoms with van der Waals surface area (Å²) in [6.45, 7) is 10.2. The molecule has 1 aromatic rings. The van der Waals surface area contributed by atoms with Crippen molar-refractivity contribution in [2.75, 3.05) is 31.2 Å². The maximum atomic E-state index is 11.4. The normalized spacial score (nSPS) is 10.5. The molecule has 0 radical (unpaired) electrons. The van der Waals surface area contributed by atoms with E-state index in [2.05, 4.69) is 4.98 Å². The fourth-order valence-corrected chi connectivity index (χ4v) is 2.04. The molecule has 0 atom stereocenters. The quantitative estimate of drug-likeness (QED) is 0.767. The van der Waals surface area contributed by atoms with Crippen LogP contribution in [0.3, 0.4) is 0 Å². The molecule has 106 valence electrons. The molecule has 0 aliphatic heterocycles. The molecule has 1 rings (SSSR count). The molecule has 0 aliphatic rings. The minimum Gasteiger partial charge on any atom is -0.478 e. The highest BCUT2D eigenvalue weighted by atomic mass is 16.5.